The van der Waals surface area contributed by atoms with Gasteiger partial charge in [-0.25, -0.2) is 8.42 Å². The monoisotopic (exact) mass is 443 g/mol. The van der Waals surface area contributed by atoms with Crippen molar-refractivity contribution in [3.8, 4) is 0 Å². The highest BCUT2D eigenvalue weighted by atomic mass is 32.2. The zero-order chi connectivity index (χ0) is 22.3. The van der Waals surface area contributed by atoms with Crippen molar-refractivity contribution in [3.63, 3.8) is 0 Å². The summed E-state index contributed by atoms with van der Waals surface area (Å²) < 4.78 is 24.8. The molecule has 1 heterocycles. The zero-order valence-corrected chi connectivity index (χ0v) is 18.3. The van der Waals surface area contributed by atoms with Crippen molar-refractivity contribution < 1.29 is 18.0 Å². The Morgan fingerprint density at radius 3 is 2.52 bits per heavy atom. The van der Waals surface area contributed by atoms with Crippen molar-refractivity contribution in [2.45, 2.75) is 38.3 Å². The van der Waals surface area contributed by atoms with Crippen LogP contribution in [0.1, 0.15) is 30.4 Å². The summed E-state index contributed by atoms with van der Waals surface area (Å²) in [7, 11) is -3.51. The number of rotatable bonds is 10. The fourth-order valence-electron chi connectivity index (χ4n) is 3.94. The molecule has 2 aromatic carbocycles. The van der Waals surface area contributed by atoms with E-state index in [2.05, 4.69) is 5.32 Å². The van der Waals surface area contributed by atoms with E-state index in [0.717, 1.165) is 30.5 Å². The largest absolute Gasteiger partial charge is 0.368 e. The first-order valence-electron chi connectivity index (χ1n) is 10.5. The average Bonchev–Trinajstić information content (AvgIpc) is 3.18. The number of likely N-dealkylation sites (tertiary alicyclic amines) is 1. The number of nitrogens with two attached hydrogens (primary N) is 1. The number of nitrogens with zero attached hydrogens (tertiary/aromatic N) is 1. The summed E-state index contributed by atoms with van der Waals surface area (Å²) >= 11 is 0. The first kappa shape index (κ1) is 23.0. The van der Waals surface area contributed by atoms with Gasteiger partial charge in [-0.05, 0) is 49.4 Å². The maximum atomic E-state index is 12.4. The van der Waals surface area contributed by atoms with Crippen LogP contribution in [-0.2, 0) is 32.4 Å². The molecule has 0 spiro atoms. The Hall–Kier alpha value is -2.71. The molecule has 3 N–H and O–H groups in total. The van der Waals surface area contributed by atoms with Gasteiger partial charge in [-0.3, -0.25) is 14.5 Å². The topological polar surface area (TPSA) is 110 Å². The third kappa shape index (κ3) is 6.90. The first-order valence-corrected chi connectivity index (χ1v) is 12.3. The van der Waals surface area contributed by atoms with Crippen LogP contribution in [0, 0.1) is 0 Å². The van der Waals surface area contributed by atoms with Crippen LogP contribution in [0.4, 0.5) is 5.69 Å². The molecule has 0 radical (unpaired) electrons. The van der Waals surface area contributed by atoms with Gasteiger partial charge in [-0.2, -0.15) is 0 Å². The van der Waals surface area contributed by atoms with E-state index in [4.69, 9.17) is 5.73 Å². The standard InChI is InChI=1S/C23H29N3O4S/c24-23(28)21-13-6-14-26(21)16-19-11-4-5-12-20(19)25-22(27)17-31(29,30)15-7-10-18-8-2-1-3-9-18/h1-5,8-9,11-12,21H,6-7,10,13-17H2,(H2,24,28)(H,25,27). The van der Waals surface area contributed by atoms with E-state index in [0.29, 0.717) is 25.1 Å². The summed E-state index contributed by atoms with van der Waals surface area (Å²) in [5, 5.41) is 2.73. The first-order chi connectivity index (χ1) is 14.8. The van der Waals surface area contributed by atoms with Gasteiger partial charge in [0.1, 0.15) is 5.75 Å². The minimum Gasteiger partial charge on any atom is -0.368 e. The van der Waals surface area contributed by atoms with Gasteiger partial charge in [-0.15, -0.1) is 0 Å². The quantitative estimate of drug-likeness (QED) is 0.585. The average molecular weight is 444 g/mol. The number of sulfone groups is 1. The second kappa shape index (κ2) is 10.5. The van der Waals surface area contributed by atoms with E-state index >= 15 is 0 Å². The predicted molar refractivity (Wildman–Crippen MR) is 121 cm³/mol. The number of carbonyl (C=O) groups is 2. The number of carbonyl (C=O) groups excluding carboxylic acids is 2. The van der Waals surface area contributed by atoms with Crippen LogP contribution in [0.5, 0.6) is 0 Å². The van der Waals surface area contributed by atoms with Gasteiger partial charge in [-0.1, -0.05) is 48.5 Å². The molecule has 1 unspecified atom stereocenters. The zero-order valence-electron chi connectivity index (χ0n) is 17.5. The van der Waals surface area contributed by atoms with Crippen LogP contribution in [0.25, 0.3) is 0 Å². The summed E-state index contributed by atoms with van der Waals surface area (Å²) in [5.41, 5.74) is 7.95. The highest BCUT2D eigenvalue weighted by Gasteiger charge is 2.29. The third-order valence-electron chi connectivity index (χ3n) is 5.47. The number of anilines is 1. The number of nitrogens with one attached hydrogen (secondary N) is 1. The fraction of sp³-hybridized carbons (Fsp3) is 0.391. The van der Waals surface area contributed by atoms with E-state index < -0.39 is 21.5 Å². The summed E-state index contributed by atoms with van der Waals surface area (Å²) in [5.74, 6) is -1.49. The van der Waals surface area contributed by atoms with Gasteiger partial charge in [0.25, 0.3) is 0 Å². The lowest BCUT2D eigenvalue weighted by Gasteiger charge is -2.23. The number of hydrogen-bond donors (Lipinski definition) is 2. The Kier molecular flexibility index (Phi) is 7.81. The van der Waals surface area contributed by atoms with Crippen LogP contribution in [0.15, 0.2) is 54.6 Å². The molecule has 1 fully saturated rings. The fourth-order valence-corrected chi connectivity index (χ4v) is 5.14. The smallest absolute Gasteiger partial charge is 0.239 e. The Bertz CT molecular complexity index is 1010. The van der Waals surface area contributed by atoms with E-state index in [1.54, 1.807) is 12.1 Å². The molecule has 7 nitrogen and oxygen atoms in total. The molecule has 166 valence electrons. The highest BCUT2D eigenvalue weighted by molar-refractivity contribution is 7.92. The van der Waals surface area contributed by atoms with Crippen LogP contribution in [0.2, 0.25) is 0 Å². The molecule has 3 rings (SSSR count). The summed E-state index contributed by atoms with van der Waals surface area (Å²) in [6.07, 6.45) is 2.75. The van der Waals surface area contributed by atoms with E-state index in [1.807, 2.05) is 47.4 Å². The molecule has 8 heteroatoms. The van der Waals surface area contributed by atoms with Gasteiger partial charge < -0.3 is 11.1 Å². The molecule has 0 bridgehead atoms. The highest BCUT2D eigenvalue weighted by Crippen LogP contribution is 2.23. The van der Waals surface area contributed by atoms with Crippen molar-refractivity contribution in [1.82, 2.24) is 4.90 Å². The molecule has 1 atom stereocenters. The molecule has 2 aromatic rings. The normalized spacial score (nSPS) is 16.8. The lowest BCUT2D eigenvalue weighted by atomic mass is 10.1. The van der Waals surface area contributed by atoms with Crippen LogP contribution in [0.3, 0.4) is 0 Å². The van der Waals surface area contributed by atoms with E-state index in [-0.39, 0.29) is 17.7 Å². The third-order valence-corrected chi connectivity index (χ3v) is 7.08. The van der Waals surface area contributed by atoms with Crippen LogP contribution in [-0.4, -0.2) is 49.2 Å². The minimum absolute atomic E-state index is 0.0367. The second-order valence-corrected chi connectivity index (χ2v) is 10.1. The number of aryl methyl sites for hydroxylation is 1. The maximum absolute atomic E-state index is 12.4. The van der Waals surface area contributed by atoms with Crippen molar-refractivity contribution in [2.24, 2.45) is 5.73 Å². The molecular formula is C23H29N3O4S. The molecule has 1 saturated heterocycles. The van der Waals surface area contributed by atoms with Crippen molar-refractivity contribution in [1.29, 1.82) is 0 Å². The summed E-state index contributed by atoms with van der Waals surface area (Å²) in [6, 6.07) is 16.6. The Labute approximate surface area is 183 Å². The SMILES string of the molecule is NC(=O)C1CCCN1Cc1ccccc1NC(=O)CS(=O)(=O)CCCc1ccccc1. The number of amides is 2. The van der Waals surface area contributed by atoms with Crippen molar-refractivity contribution in [3.05, 3.63) is 65.7 Å². The van der Waals surface area contributed by atoms with Gasteiger partial charge in [0, 0.05) is 12.2 Å². The van der Waals surface area contributed by atoms with Crippen molar-refractivity contribution in [2.75, 3.05) is 23.4 Å². The van der Waals surface area contributed by atoms with Crippen LogP contribution >= 0.6 is 0 Å². The Balaban J connectivity index is 1.55. The number of benzene rings is 2. The van der Waals surface area contributed by atoms with E-state index in [1.165, 1.54) is 0 Å². The molecule has 0 aliphatic carbocycles. The molecular weight excluding hydrogens is 414 g/mol. The van der Waals surface area contributed by atoms with Crippen molar-refractivity contribution >= 4 is 27.3 Å². The molecule has 31 heavy (non-hydrogen) atoms. The minimum atomic E-state index is -3.51. The second-order valence-electron chi connectivity index (χ2n) is 7.92. The lowest BCUT2D eigenvalue weighted by molar-refractivity contribution is -0.122. The number of para-hydroxylation sites is 1. The number of hydrogen-bond acceptors (Lipinski definition) is 5. The Morgan fingerprint density at radius 1 is 1.06 bits per heavy atom. The van der Waals surface area contributed by atoms with Gasteiger partial charge in [0.05, 0.1) is 11.8 Å². The summed E-state index contributed by atoms with van der Waals surface area (Å²) in [4.78, 5) is 26.1. The lowest BCUT2D eigenvalue weighted by Crippen LogP contribution is -2.39. The van der Waals surface area contributed by atoms with E-state index in [9.17, 15) is 18.0 Å². The van der Waals surface area contributed by atoms with Gasteiger partial charge in [0.15, 0.2) is 9.84 Å². The molecule has 2 amide bonds. The maximum Gasteiger partial charge on any atom is 0.239 e. The summed E-state index contributed by atoms with van der Waals surface area (Å²) in [6.45, 7) is 1.22. The number of primary amides is 1. The van der Waals surface area contributed by atoms with Gasteiger partial charge in [0.2, 0.25) is 11.8 Å². The van der Waals surface area contributed by atoms with Crippen LogP contribution < -0.4 is 11.1 Å². The Morgan fingerprint density at radius 2 is 1.77 bits per heavy atom. The predicted octanol–water partition coefficient (Wildman–Crippen LogP) is 2.12. The van der Waals surface area contributed by atoms with Gasteiger partial charge >= 0.3 is 0 Å². The molecule has 1 aliphatic heterocycles. The molecule has 0 saturated carbocycles. The molecule has 1 aliphatic rings. The molecule has 0 aromatic heterocycles.